The molecular weight excluding hydrogens is 188 g/mol. The van der Waals surface area contributed by atoms with Gasteiger partial charge in [-0.1, -0.05) is 0 Å². The second kappa shape index (κ2) is 4.34. The molecule has 2 N–H and O–H groups in total. The van der Waals surface area contributed by atoms with Crippen molar-refractivity contribution in [2.45, 2.75) is 20.4 Å². The third-order valence-electron chi connectivity index (χ3n) is 1.59. The molecule has 1 rings (SSSR count). The van der Waals surface area contributed by atoms with Crippen LogP contribution in [0, 0.1) is 13.8 Å². The number of rotatable bonds is 3. The zero-order chi connectivity index (χ0) is 9.84. The summed E-state index contributed by atoms with van der Waals surface area (Å²) in [6, 6.07) is 0. The molecule has 0 bridgehead atoms. The van der Waals surface area contributed by atoms with Crippen LogP contribution in [0.25, 0.3) is 0 Å². The molecule has 1 heterocycles. The van der Waals surface area contributed by atoms with Crippen molar-refractivity contribution in [2.24, 2.45) is 0 Å². The minimum Gasteiger partial charge on any atom is -0.387 e. The van der Waals surface area contributed by atoms with Crippen molar-refractivity contribution < 1.29 is 9.90 Å². The van der Waals surface area contributed by atoms with Gasteiger partial charge in [0, 0.05) is 4.88 Å². The number of nitrogens with zero attached hydrogens (tertiary/aromatic N) is 1. The number of carbonyl (C=O) groups is 1. The quantitative estimate of drug-likeness (QED) is 0.741. The standard InChI is InChI=1S/C8H12N2O2S/c1-5-7(13-6(2)10-5)3-9-8(12)4-11/h11H,3-4H2,1-2H3,(H,9,12). The Kier molecular flexibility index (Phi) is 3.39. The molecule has 0 saturated heterocycles. The molecule has 4 nitrogen and oxygen atoms in total. The summed E-state index contributed by atoms with van der Waals surface area (Å²) < 4.78 is 0. The predicted octanol–water partition coefficient (Wildman–Crippen LogP) is 0.368. The van der Waals surface area contributed by atoms with Crippen LogP contribution in [0.3, 0.4) is 0 Å². The Bertz CT molecular complexity index is 309. The Morgan fingerprint density at radius 2 is 2.31 bits per heavy atom. The first-order chi connectivity index (χ1) is 6.13. The van der Waals surface area contributed by atoms with E-state index in [0.717, 1.165) is 15.6 Å². The molecule has 0 unspecified atom stereocenters. The number of aromatic nitrogens is 1. The molecule has 72 valence electrons. The van der Waals surface area contributed by atoms with E-state index in [2.05, 4.69) is 10.3 Å². The van der Waals surface area contributed by atoms with E-state index < -0.39 is 6.61 Å². The van der Waals surface area contributed by atoms with Gasteiger partial charge in [0.1, 0.15) is 6.61 Å². The van der Waals surface area contributed by atoms with Gasteiger partial charge >= 0.3 is 0 Å². The number of carbonyl (C=O) groups excluding carboxylic acids is 1. The molecule has 0 spiro atoms. The van der Waals surface area contributed by atoms with Crippen molar-refractivity contribution in [2.75, 3.05) is 6.61 Å². The van der Waals surface area contributed by atoms with Crippen LogP contribution < -0.4 is 5.32 Å². The van der Waals surface area contributed by atoms with E-state index >= 15 is 0 Å². The van der Waals surface area contributed by atoms with E-state index in [9.17, 15) is 4.79 Å². The lowest BCUT2D eigenvalue weighted by atomic mass is 10.4. The summed E-state index contributed by atoms with van der Waals surface area (Å²) >= 11 is 1.56. The Hall–Kier alpha value is -0.940. The number of amides is 1. The van der Waals surface area contributed by atoms with Crippen LogP contribution >= 0.6 is 11.3 Å². The van der Waals surface area contributed by atoms with Gasteiger partial charge in [-0.25, -0.2) is 4.98 Å². The van der Waals surface area contributed by atoms with E-state index in [4.69, 9.17) is 5.11 Å². The molecular formula is C8H12N2O2S. The summed E-state index contributed by atoms with van der Waals surface area (Å²) in [7, 11) is 0. The summed E-state index contributed by atoms with van der Waals surface area (Å²) in [5.41, 5.74) is 0.945. The summed E-state index contributed by atoms with van der Waals surface area (Å²) in [5, 5.41) is 12.0. The van der Waals surface area contributed by atoms with Crippen molar-refractivity contribution >= 4 is 17.2 Å². The van der Waals surface area contributed by atoms with Crippen molar-refractivity contribution in [1.29, 1.82) is 0 Å². The number of nitrogens with one attached hydrogen (secondary N) is 1. The lowest BCUT2D eigenvalue weighted by Gasteiger charge is -2.00. The van der Waals surface area contributed by atoms with Gasteiger partial charge in [-0.3, -0.25) is 4.79 Å². The third-order valence-corrected chi connectivity index (χ3v) is 2.66. The highest BCUT2D eigenvalue weighted by Gasteiger charge is 2.05. The Labute approximate surface area is 80.6 Å². The van der Waals surface area contributed by atoms with Gasteiger partial charge in [0.25, 0.3) is 0 Å². The topological polar surface area (TPSA) is 62.2 Å². The van der Waals surface area contributed by atoms with Crippen LogP contribution in [0.2, 0.25) is 0 Å². The zero-order valence-corrected chi connectivity index (χ0v) is 8.44. The van der Waals surface area contributed by atoms with Gasteiger partial charge in [0.2, 0.25) is 5.91 Å². The first kappa shape index (κ1) is 10.1. The molecule has 0 aliphatic carbocycles. The average Bonchev–Trinajstić information content (AvgIpc) is 2.41. The lowest BCUT2D eigenvalue weighted by molar-refractivity contribution is -0.123. The fourth-order valence-electron chi connectivity index (χ4n) is 0.972. The van der Waals surface area contributed by atoms with Crippen LogP contribution in [-0.2, 0) is 11.3 Å². The number of thiazole rings is 1. The fraction of sp³-hybridized carbons (Fsp3) is 0.500. The van der Waals surface area contributed by atoms with Crippen LogP contribution in [-0.4, -0.2) is 22.6 Å². The molecule has 0 atom stereocenters. The maximum Gasteiger partial charge on any atom is 0.246 e. The number of hydrogen-bond donors (Lipinski definition) is 2. The van der Waals surface area contributed by atoms with Gasteiger partial charge in [-0.15, -0.1) is 11.3 Å². The second-order valence-electron chi connectivity index (χ2n) is 2.68. The summed E-state index contributed by atoms with van der Waals surface area (Å²) in [4.78, 5) is 16.0. The molecule has 1 amide bonds. The fourth-order valence-corrected chi connectivity index (χ4v) is 1.85. The maximum absolute atomic E-state index is 10.7. The first-order valence-electron chi connectivity index (χ1n) is 3.94. The highest BCUT2D eigenvalue weighted by molar-refractivity contribution is 7.11. The lowest BCUT2D eigenvalue weighted by Crippen LogP contribution is -2.25. The van der Waals surface area contributed by atoms with E-state index in [-0.39, 0.29) is 5.91 Å². The van der Waals surface area contributed by atoms with Gasteiger partial charge in [-0.05, 0) is 13.8 Å². The summed E-state index contributed by atoms with van der Waals surface area (Å²) in [5.74, 6) is -0.356. The predicted molar refractivity (Wildman–Crippen MR) is 50.5 cm³/mol. The third kappa shape index (κ3) is 2.78. The van der Waals surface area contributed by atoms with Gasteiger partial charge in [-0.2, -0.15) is 0 Å². The molecule has 0 radical (unpaired) electrons. The highest BCUT2D eigenvalue weighted by Crippen LogP contribution is 2.16. The van der Waals surface area contributed by atoms with Crippen LogP contribution in [0.1, 0.15) is 15.6 Å². The molecule has 0 aliphatic rings. The molecule has 1 aromatic rings. The van der Waals surface area contributed by atoms with E-state index in [1.807, 2.05) is 13.8 Å². The normalized spacial score (nSPS) is 10.1. The smallest absolute Gasteiger partial charge is 0.246 e. The van der Waals surface area contributed by atoms with Crippen molar-refractivity contribution in [3.63, 3.8) is 0 Å². The van der Waals surface area contributed by atoms with Crippen LogP contribution in [0.15, 0.2) is 0 Å². The Balaban J connectivity index is 2.54. The summed E-state index contributed by atoms with van der Waals surface area (Å²) in [6.07, 6.45) is 0. The molecule has 1 aromatic heterocycles. The number of aryl methyl sites for hydroxylation is 2. The zero-order valence-electron chi connectivity index (χ0n) is 7.63. The molecule has 0 fully saturated rings. The largest absolute Gasteiger partial charge is 0.387 e. The summed E-state index contributed by atoms with van der Waals surface area (Å²) in [6.45, 7) is 3.83. The minimum absolute atomic E-state index is 0.356. The second-order valence-corrected chi connectivity index (χ2v) is 3.96. The highest BCUT2D eigenvalue weighted by atomic mass is 32.1. The minimum atomic E-state index is -0.461. The molecule has 13 heavy (non-hydrogen) atoms. The van der Waals surface area contributed by atoms with Crippen LogP contribution in [0.5, 0.6) is 0 Å². The van der Waals surface area contributed by atoms with E-state index in [1.54, 1.807) is 11.3 Å². The molecule has 0 aliphatic heterocycles. The maximum atomic E-state index is 10.7. The van der Waals surface area contributed by atoms with Crippen molar-refractivity contribution in [3.05, 3.63) is 15.6 Å². The molecule has 5 heteroatoms. The molecule has 0 saturated carbocycles. The van der Waals surface area contributed by atoms with Crippen molar-refractivity contribution in [1.82, 2.24) is 10.3 Å². The average molecular weight is 200 g/mol. The Morgan fingerprint density at radius 3 is 2.77 bits per heavy atom. The van der Waals surface area contributed by atoms with Gasteiger partial charge in [0.05, 0.1) is 17.2 Å². The first-order valence-corrected chi connectivity index (χ1v) is 4.75. The van der Waals surface area contributed by atoms with Crippen molar-refractivity contribution in [3.8, 4) is 0 Å². The SMILES string of the molecule is Cc1nc(C)c(CNC(=O)CO)s1. The van der Waals surface area contributed by atoms with Gasteiger partial charge in [0.15, 0.2) is 0 Å². The van der Waals surface area contributed by atoms with Gasteiger partial charge < -0.3 is 10.4 Å². The Morgan fingerprint density at radius 1 is 1.62 bits per heavy atom. The number of hydrogen-bond acceptors (Lipinski definition) is 4. The number of aliphatic hydroxyl groups excluding tert-OH is 1. The van der Waals surface area contributed by atoms with E-state index in [0.29, 0.717) is 6.54 Å². The molecule has 0 aromatic carbocycles. The van der Waals surface area contributed by atoms with Crippen LogP contribution in [0.4, 0.5) is 0 Å². The number of aliphatic hydroxyl groups is 1. The monoisotopic (exact) mass is 200 g/mol. The van der Waals surface area contributed by atoms with E-state index in [1.165, 1.54) is 0 Å².